The minimum Gasteiger partial charge on any atom is -0.318 e. The van der Waals surface area contributed by atoms with E-state index in [4.69, 9.17) is 0 Å². The van der Waals surface area contributed by atoms with Crippen LogP contribution in [0.1, 0.15) is 37.7 Å². The van der Waals surface area contributed by atoms with Crippen LogP contribution in [0.5, 0.6) is 0 Å². The Morgan fingerprint density at radius 1 is 0.808 bits per heavy atom. The fraction of sp³-hybridized carbons (Fsp3) is 0.143. The fourth-order valence-electron chi connectivity index (χ4n) is 3.01. The van der Waals surface area contributed by atoms with Crippen molar-refractivity contribution in [2.75, 3.05) is 0 Å². The Bertz CT molecular complexity index is 959. The minimum absolute atomic E-state index is 0.346. The van der Waals surface area contributed by atoms with E-state index in [1.165, 1.54) is 0 Å². The van der Waals surface area contributed by atoms with Crippen molar-refractivity contribution < 1.29 is 9.59 Å². The van der Waals surface area contributed by atoms with Crippen LogP contribution in [0.25, 0.3) is 5.69 Å². The fourth-order valence-corrected chi connectivity index (χ4v) is 3.01. The first-order chi connectivity index (χ1) is 12.5. The van der Waals surface area contributed by atoms with Crippen molar-refractivity contribution in [1.29, 1.82) is 0 Å². The predicted molar refractivity (Wildman–Crippen MR) is 101 cm³/mol. The monoisotopic (exact) mass is 347 g/mol. The Balaban J connectivity index is 1.76. The maximum Gasteiger partial charge on any atom is 0.271 e. The van der Waals surface area contributed by atoms with E-state index in [9.17, 15) is 9.59 Å². The van der Waals surface area contributed by atoms with Crippen LogP contribution in [0.15, 0.2) is 60.7 Å². The molecule has 2 aromatic carbocycles. The second-order valence-corrected chi connectivity index (χ2v) is 6.23. The Labute approximate surface area is 152 Å². The third kappa shape index (κ3) is 3.52. The summed E-state index contributed by atoms with van der Waals surface area (Å²) in [6.07, 6.45) is 0. The highest BCUT2D eigenvalue weighted by molar-refractivity contribution is 6.00. The number of amides is 2. The Kier molecular flexibility index (Phi) is 4.89. The van der Waals surface area contributed by atoms with E-state index in [0.717, 1.165) is 22.6 Å². The number of benzene rings is 2. The first-order valence-electron chi connectivity index (χ1n) is 8.39. The lowest BCUT2D eigenvalue weighted by molar-refractivity contribution is 0.0846. The summed E-state index contributed by atoms with van der Waals surface area (Å²) >= 11 is 0. The van der Waals surface area contributed by atoms with Crippen LogP contribution >= 0.6 is 0 Å². The summed E-state index contributed by atoms with van der Waals surface area (Å²) in [4.78, 5) is 24.7. The number of carbonyl (C=O) groups is 2. The molecule has 1 aromatic heterocycles. The normalized spacial score (nSPS) is 10.4. The van der Waals surface area contributed by atoms with Crippen LogP contribution in [-0.2, 0) is 0 Å². The van der Waals surface area contributed by atoms with Gasteiger partial charge in [0.25, 0.3) is 11.8 Å². The minimum atomic E-state index is -0.348. The van der Waals surface area contributed by atoms with Gasteiger partial charge >= 0.3 is 0 Å². The van der Waals surface area contributed by atoms with Crippen LogP contribution in [-0.4, -0.2) is 16.4 Å². The second-order valence-electron chi connectivity index (χ2n) is 6.23. The smallest absolute Gasteiger partial charge is 0.271 e. The zero-order valence-electron chi connectivity index (χ0n) is 15.0. The van der Waals surface area contributed by atoms with Crippen LogP contribution in [0.3, 0.4) is 0 Å². The molecule has 0 aliphatic rings. The van der Waals surface area contributed by atoms with Crippen molar-refractivity contribution in [1.82, 2.24) is 15.4 Å². The van der Waals surface area contributed by atoms with Gasteiger partial charge in [-0.3, -0.25) is 20.4 Å². The molecule has 2 amide bonds. The zero-order valence-corrected chi connectivity index (χ0v) is 15.0. The van der Waals surface area contributed by atoms with Crippen molar-refractivity contribution >= 4 is 11.8 Å². The molecule has 0 atom stereocenters. The van der Waals surface area contributed by atoms with Gasteiger partial charge < -0.3 is 4.57 Å². The van der Waals surface area contributed by atoms with Crippen molar-refractivity contribution in [2.45, 2.75) is 20.8 Å². The van der Waals surface area contributed by atoms with Gasteiger partial charge in [-0.15, -0.1) is 0 Å². The largest absolute Gasteiger partial charge is 0.318 e. The predicted octanol–water partition coefficient (Wildman–Crippen LogP) is 3.48. The summed E-state index contributed by atoms with van der Waals surface area (Å²) in [6.45, 7) is 5.74. The molecule has 0 saturated carbocycles. The molecule has 0 radical (unpaired) electrons. The molecule has 3 rings (SSSR count). The number of para-hydroxylation sites is 1. The number of hydrogen-bond acceptors (Lipinski definition) is 2. The van der Waals surface area contributed by atoms with Crippen LogP contribution < -0.4 is 10.9 Å². The van der Waals surface area contributed by atoms with E-state index in [0.29, 0.717) is 11.1 Å². The number of nitrogens with zero attached hydrogens (tertiary/aromatic N) is 1. The Morgan fingerprint density at radius 2 is 1.50 bits per heavy atom. The van der Waals surface area contributed by atoms with Gasteiger partial charge in [0.1, 0.15) is 0 Å². The van der Waals surface area contributed by atoms with E-state index < -0.39 is 0 Å². The summed E-state index contributed by atoms with van der Waals surface area (Å²) < 4.78 is 2.01. The molecule has 132 valence electrons. The maximum absolute atomic E-state index is 12.5. The van der Waals surface area contributed by atoms with Crippen molar-refractivity contribution in [2.24, 2.45) is 0 Å². The lowest BCUT2D eigenvalue weighted by Crippen LogP contribution is -2.41. The molecule has 0 fully saturated rings. The molecule has 0 spiro atoms. The number of carbonyl (C=O) groups excluding carboxylic acids is 2. The number of hydrogen-bond donors (Lipinski definition) is 2. The topological polar surface area (TPSA) is 63.1 Å². The molecule has 0 unspecified atom stereocenters. The van der Waals surface area contributed by atoms with Crippen molar-refractivity contribution in [3.05, 3.63) is 88.7 Å². The average molecular weight is 347 g/mol. The van der Waals surface area contributed by atoms with Gasteiger partial charge in [-0.2, -0.15) is 0 Å². The van der Waals surface area contributed by atoms with Crippen molar-refractivity contribution in [3.63, 3.8) is 0 Å². The second kappa shape index (κ2) is 7.27. The van der Waals surface area contributed by atoms with Gasteiger partial charge in [-0.25, -0.2) is 0 Å². The van der Waals surface area contributed by atoms with Crippen LogP contribution in [0, 0.1) is 20.8 Å². The maximum atomic E-state index is 12.5. The third-order valence-electron chi connectivity index (χ3n) is 4.26. The lowest BCUT2D eigenvalue weighted by atomic mass is 10.1. The van der Waals surface area contributed by atoms with Crippen LogP contribution in [0.2, 0.25) is 0 Å². The molecule has 0 saturated heterocycles. The van der Waals surface area contributed by atoms with E-state index in [-0.39, 0.29) is 11.8 Å². The van der Waals surface area contributed by atoms with Gasteiger partial charge in [0.05, 0.1) is 5.56 Å². The molecule has 5 heteroatoms. The zero-order chi connectivity index (χ0) is 18.7. The summed E-state index contributed by atoms with van der Waals surface area (Å²) in [5, 5.41) is 0. The molecule has 2 N–H and O–H groups in total. The van der Waals surface area contributed by atoms with E-state index in [1.54, 1.807) is 18.2 Å². The first-order valence-corrected chi connectivity index (χ1v) is 8.39. The number of aromatic nitrogens is 1. The number of hydrazine groups is 1. The third-order valence-corrected chi connectivity index (χ3v) is 4.26. The first kappa shape index (κ1) is 17.5. The number of rotatable bonds is 3. The van der Waals surface area contributed by atoms with Gasteiger partial charge in [0.15, 0.2) is 0 Å². The van der Waals surface area contributed by atoms with Gasteiger partial charge in [0, 0.05) is 22.6 Å². The summed E-state index contributed by atoms with van der Waals surface area (Å²) in [7, 11) is 0. The van der Waals surface area contributed by atoms with Gasteiger partial charge in [-0.05, 0) is 51.1 Å². The Morgan fingerprint density at radius 3 is 2.19 bits per heavy atom. The summed E-state index contributed by atoms with van der Waals surface area (Å²) in [5.74, 6) is -0.694. The van der Waals surface area contributed by atoms with Crippen LogP contribution in [0.4, 0.5) is 0 Å². The SMILES string of the molecule is Cc1cccc(C(=O)NNC(=O)c2cc(C)n(-c3ccccc3)c2C)c1. The number of nitrogens with one attached hydrogen (secondary N) is 2. The molecular formula is C21H21N3O2. The average Bonchev–Trinajstić information content (AvgIpc) is 2.94. The molecule has 0 aliphatic heterocycles. The van der Waals surface area contributed by atoms with Gasteiger partial charge in [0.2, 0.25) is 0 Å². The highest BCUT2D eigenvalue weighted by atomic mass is 16.2. The van der Waals surface area contributed by atoms with Gasteiger partial charge in [-0.1, -0.05) is 35.9 Å². The molecule has 5 nitrogen and oxygen atoms in total. The summed E-state index contributed by atoms with van der Waals surface area (Å²) in [5.41, 5.74) is 9.73. The Hall–Kier alpha value is -3.34. The van der Waals surface area contributed by atoms with E-state index in [1.807, 2.05) is 67.8 Å². The quantitative estimate of drug-likeness (QED) is 0.713. The number of aryl methyl sites for hydroxylation is 2. The highest BCUT2D eigenvalue weighted by Crippen LogP contribution is 2.20. The molecule has 3 aromatic rings. The lowest BCUT2D eigenvalue weighted by Gasteiger charge is -2.10. The molecular weight excluding hydrogens is 326 g/mol. The molecule has 0 bridgehead atoms. The summed E-state index contributed by atoms with van der Waals surface area (Å²) in [6, 6.07) is 18.8. The molecule has 1 heterocycles. The van der Waals surface area contributed by atoms with E-state index >= 15 is 0 Å². The molecule has 0 aliphatic carbocycles. The highest BCUT2D eigenvalue weighted by Gasteiger charge is 2.17. The molecule has 26 heavy (non-hydrogen) atoms. The standard InChI is InChI=1S/C21H21N3O2/c1-14-8-7-9-17(12-14)20(25)22-23-21(26)19-13-15(2)24(16(19)3)18-10-5-4-6-11-18/h4-13H,1-3H3,(H,22,25)(H,23,26). The van der Waals surface area contributed by atoms with E-state index in [2.05, 4.69) is 10.9 Å². The van der Waals surface area contributed by atoms with Crippen molar-refractivity contribution in [3.8, 4) is 5.69 Å².